The second-order valence-electron chi connectivity index (χ2n) is 7.46. The highest BCUT2D eigenvalue weighted by molar-refractivity contribution is 5.82. The molecule has 0 spiro atoms. The fourth-order valence-electron chi connectivity index (χ4n) is 3.64. The van der Waals surface area contributed by atoms with Crippen LogP contribution in [0, 0.1) is 10.1 Å². The summed E-state index contributed by atoms with van der Waals surface area (Å²) in [5.41, 5.74) is 8.14. The lowest BCUT2D eigenvalue weighted by Gasteiger charge is -2.08. The molecule has 0 saturated heterocycles. The minimum atomic E-state index is -0.436. The van der Waals surface area contributed by atoms with E-state index in [4.69, 9.17) is 5.73 Å². The van der Waals surface area contributed by atoms with Gasteiger partial charge >= 0.3 is 0 Å². The number of rotatable bonds is 5. The van der Waals surface area contributed by atoms with Crippen molar-refractivity contribution in [1.29, 1.82) is 0 Å². The highest BCUT2D eigenvalue weighted by atomic mass is 16.6. The first-order valence-corrected chi connectivity index (χ1v) is 10.5. The molecule has 0 aliphatic carbocycles. The number of non-ortho nitro benzene ring substituents is 1. The van der Waals surface area contributed by atoms with Gasteiger partial charge in [0, 0.05) is 53.8 Å². The van der Waals surface area contributed by atoms with Gasteiger partial charge in [0.05, 0.1) is 16.0 Å². The van der Waals surface area contributed by atoms with Crippen LogP contribution in [0.15, 0.2) is 70.3 Å². The first kappa shape index (κ1) is 22.7. The van der Waals surface area contributed by atoms with E-state index >= 15 is 0 Å². The number of nitrogens with zero attached hydrogens (tertiary/aromatic N) is 3. The van der Waals surface area contributed by atoms with Gasteiger partial charge in [-0.15, -0.1) is 0 Å². The van der Waals surface area contributed by atoms with Crippen molar-refractivity contribution in [3.63, 3.8) is 0 Å². The molecule has 0 unspecified atom stereocenters. The van der Waals surface area contributed by atoms with Gasteiger partial charge in [0.25, 0.3) is 16.8 Å². The normalized spacial score (nSPS) is 10.7. The zero-order valence-corrected chi connectivity index (χ0v) is 18.2. The Labute approximate surface area is 184 Å². The number of aryl methyl sites for hydroxylation is 2. The van der Waals surface area contributed by atoms with E-state index in [9.17, 15) is 19.7 Å². The molecule has 0 aliphatic heterocycles. The van der Waals surface area contributed by atoms with Crippen molar-refractivity contribution < 1.29 is 4.92 Å². The van der Waals surface area contributed by atoms with Crippen molar-refractivity contribution in [3.8, 4) is 0 Å². The van der Waals surface area contributed by atoms with Gasteiger partial charge in [-0.2, -0.15) is 0 Å². The highest BCUT2D eigenvalue weighted by Crippen LogP contribution is 2.19. The number of nitrogen functional groups attached to an aromatic ring is 1. The third kappa shape index (κ3) is 4.85. The van der Waals surface area contributed by atoms with Gasteiger partial charge in [-0.1, -0.05) is 13.8 Å². The van der Waals surface area contributed by atoms with E-state index < -0.39 is 4.92 Å². The Kier molecular flexibility index (Phi) is 7.04. The molecule has 2 aromatic carbocycles. The molecule has 2 N–H and O–H groups in total. The van der Waals surface area contributed by atoms with E-state index in [1.54, 1.807) is 27.3 Å². The van der Waals surface area contributed by atoms with Crippen LogP contribution in [0.3, 0.4) is 0 Å². The molecule has 0 radical (unpaired) electrons. The number of anilines is 1. The second kappa shape index (κ2) is 9.91. The number of fused-ring (bicyclic) bond motifs is 2. The first-order valence-electron chi connectivity index (χ1n) is 10.5. The van der Waals surface area contributed by atoms with E-state index in [1.165, 1.54) is 18.2 Å². The summed E-state index contributed by atoms with van der Waals surface area (Å²) in [6, 6.07) is 16.6. The van der Waals surface area contributed by atoms with Gasteiger partial charge in [-0.05, 0) is 49.2 Å². The maximum atomic E-state index is 11.7. The Bertz CT molecular complexity index is 1390. The summed E-state index contributed by atoms with van der Waals surface area (Å²) in [5, 5.41) is 12.4. The van der Waals surface area contributed by atoms with Crippen LogP contribution in [0.5, 0.6) is 0 Å². The van der Waals surface area contributed by atoms with Crippen LogP contribution in [-0.2, 0) is 13.1 Å². The molecular formula is C24H26N4O4. The molecule has 0 fully saturated rings. The monoisotopic (exact) mass is 434 g/mol. The van der Waals surface area contributed by atoms with Crippen molar-refractivity contribution >= 4 is 33.2 Å². The molecule has 0 bridgehead atoms. The fraction of sp³-hybridized carbons (Fsp3) is 0.250. The number of nitro groups is 1. The predicted octanol–water partition coefficient (Wildman–Crippen LogP) is 4.31. The molecule has 2 heterocycles. The number of hydrogen-bond donors (Lipinski definition) is 1. The zero-order chi connectivity index (χ0) is 23.3. The van der Waals surface area contributed by atoms with Crippen LogP contribution in [0.4, 0.5) is 11.4 Å². The number of hydrogen-bond acceptors (Lipinski definition) is 5. The smallest absolute Gasteiger partial charge is 0.270 e. The van der Waals surface area contributed by atoms with Crippen molar-refractivity contribution in [1.82, 2.24) is 9.13 Å². The van der Waals surface area contributed by atoms with Gasteiger partial charge in [-0.3, -0.25) is 19.7 Å². The van der Waals surface area contributed by atoms with Crippen molar-refractivity contribution in [2.75, 3.05) is 5.73 Å². The Hall–Kier alpha value is -3.94. The second-order valence-corrected chi connectivity index (χ2v) is 7.46. The van der Waals surface area contributed by atoms with E-state index in [0.29, 0.717) is 11.9 Å². The lowest BCUT2D eigenvalue weighted by Crippen LogP contribution is -2.18. The van der Waals surface area contributed by atoms with Gasteiger partial charge in [0.2, 0.25) is 0 Å². The van der Waals surface area contributed by atoms with Crippen molar-refractivity contribution in [3.05, 3.63) is 91.5 Å². The standard InChI is InChI=1S/C12H12N2O3.C12H14N2O/c1-2-7-13-11-5-4-10(14(16)17)8-9(11)3-6-12(13)15;1-2-7-14-11-5-4-10(13)8-9(11)3-6-12(14)15/h3-6,8H,2,7H2,1H3;3-6,8H,2,7,13H2,1H3. The Morgan fingerprint density at radius 1 is 0.781 bits per heavy atom. The zero-order valence-electron chi connectivity index (χ0n) is 18.2. The summed E-state index contributed by atoms with van der Waals surface area (Å²) < 4.78 is 3.42. The molecule has 8 heteroatoms. The molecule has 2 aromatic heterocycles. The minimum Gasteiger partial charge on any atom is -0.399 e. The SMILES string of the molecule is CCCn1c(=O)ccc2cc(N)ccc21.CCCn1c(=O)ccc2cc([N+](=O)[O-])ccc21. The Morgan fingerprint density at radius 2 is 1.28 bits per heavy atom. The number of nitrogens with two attached hydrogens (primary N) is 1. The van der Waals surface area contributed by atoms with Crippen LogP contribution in [0.25, 0.3) is 21.8 Å². The maximum absolute atomic E-state index is 11.7. The third-order valence-electron chi connectivity index (χ3n) is 5.09. The van der Waals surface area contributed by atoms with Gasteiger partial charge in [-0.25, -0.2) is 0 Å². The van der Waals surface area contributed by atoms with Crippen LogP contribution >= 0.6 is 0 Å². The summed E-state index contributed by atoms with van der Waals surface area (Å²) in [7, 11) is 0. The summed E-state index contributed by atoms with van der Waals surface area (Å²) in [6.07, 6.45) is 1.79. The molecule has 0 amide bonds. The Balaban J connectivity index is 0.000000182. The first-order chi connectivity index (χ1) is 15.3. The molecule has 8 nitrogen and oxygen atoms in total. The molecule has 0 saturated carbocycles. The van der Waals surface area contributed by atoms with Gasteiger partial charge in [0.1, 0.15) is 0 Å². The molecule has 0 atom stereocenters. The lowest BCUT2D eigenvalue weighted by molar-refractivity contribution is -0.384. The Morgan fingerprint density at radius 3 is 1.78 bits per heavy atom. The summed E-state index contributed by atoms with van der Waals surface area (Å²) >= 11 is 0. The van der Waals surface area contributed by atoms with Gasteiger partial charge < -0.3 is 14.9 Å². The van der Waals surface area contributed by atoms with Gasteiger partial charge in [0.15, 0.2) is 0 Å². The quantitative estimate of drug-likeness (QED) is 0.286. The van der Waals surface area contributed by atoms with Crippen LogP contribution < -0.4 is 16.9 Å². The average molecular weight is 434 g/mol. The van der Waals surface area contributed by atoms with Crippen molar-refractivity contribution in [2.45, 2.75) is 39.8 Å². The van der Waals surface area contributed by atoms with Crippen LogP contribution in [-0.4, -0.2) is 14.1 Å². The fourth-order valence-corrected chi connectivity index (χ4v) is 3.64. The van der Waals surface area contributed by atoms with Crippen LogP contribution in [0.1, 0.15) is 26.7 Å². The number of pyridine rings is 2. The van der Waals surface area contributed by atoms with E-state index in [1.807, 2.05) is 31.2 Å². The third-order valence-corrected chi connectivity index (χ3v) is 5.09. The lowest BCUT2D eigenvalue weighted by atomic mass is 10.2. The maximum Gasteiger partial charge on any atom is 0.270 e. The molecular weight excluding hydrogens is 408 g/mol. The summed E-state index contributed by atoms with van der Waals surface area (Å²) in [5.74, 6) is 0. The predicted molar refractivity (Wildman–Crippen MR) is 128 cm³/mol. The number of nitro benzene ring substituents is 1. The topological polar surface area (TPSA) is 113 Å². The van der Waals surface area contributed by atoms with E-state index in [-0.39, 0.29) is 16.8 Å². The van der Waals surface area contributed by atoms with Crippen LogP contribution in [0.2, 0.25) is 0 Å². The van der Waals surface area contributed by atoms with E-state index in [0.717, 1.165) is 41.5 Å². The molecule has 4 rings (SSSR count). The molecule has 0 aliphatic rings. The number of benzene rings is 2. The largest absolute Gasteiger partial charge is 0.399 e. The highest BCUT2D eigenvalue weighted by Gasteiger charge is 2.08. The van der Waals surface area contributed by atoms with Crippen molar-refractivity contribution in [2.24, 2.45) is 0 Å². The summed E-state index contributed by atoms with van der Waals surface area (Å²) in [4.78, 5) is 33.5. The summed E-state index contributed by atoms with van der Waals surface area (Å²) in [6.45, 7) is 5.41. The molecule has 166 valence electrons. The average Bonchev–Trinajstić information content (AvgIpc) is 2.78. The minimum absolute atomic E-state index is 0.0409. The van der Waals surface area contributed by atoms with E-state index in [2.05, 4.69) is 6.92 Å². The number of aromatic nitrogens is 2. The molecule has 32 heavy (non-hydrogen) atoms. The molecule has 4 aromatic rings.